The van der Waals surface area contributed by atoms with Gasteiger partial charge < -0.3 is 20.3 Å². The summed E-state index contributed by atoms with van der Waals surface area (Å²) in [7, 11) is 2.31. The fourth-order valence-electron chi connectivity index (χ4n) is 4.19. The highest BCUT2D eigenvalue weighted by Crippen LogP contribution is 2.40. The number of aliphatic hydroxyl groups excluding tert-OH is 2. The van der Waals surface area contributed by atoms with Crippen LogP contribution >= 0.6 is 0 Å². The summed E-state index contributed by atoms with van der Waals surface area (Å²) in [6, 6.07) is 9.44. The van der Waals surface area contributed by atoms with Crippen LogP contribution < -0.4 is 5.32 Å². The maximum absolute atomic E-state index is 9.72. The van der Waals surface area contributed by atoms with E-state index in [2.05, 4.69) is 41.5 Å². The van der Waals surface area contributed by atoms with Crippen molar-refractivity contribution < 1.29 is 15.0 Å². The molecule has 5 nitrogen and oxygen atoms in total. The lowest BCUT2D eigenvalue weighted by atomic mass is 9.77. The molecule has 2 aliphatic rings. The highest BCUT2D eigenvalue weighted by atomic mass is 16.3. The Bertz CT molecular complexity index is 528. The lowest BCUT2D eigenvalue weighted by Gasteiger charge is -2.41. The van der Waals surface area contributed by atoms with Crippen LogP contribution in [0.15, 0.2) is 24.3 Å². The molecule has 1 aliphatic carbocycles. The van der Waals surface area contributed by atoms with Crippen molar-refractivity contribution in [3.63, 3.8) is 0 Å². The molecule has 0 aromatic heterocycles. The third-order valence-electron chi connectivity index (χ3n) is 5.61. The van der Waals surface area contributed by atoms with E-state index in [1.165, 1.54) is 45.1 Å². The van der Waals surface area contributed by atoms with E-state index < -0.39 is 0 Å². The van der Waals surface area contributed by atoms with Crippen LogP contribution in [0.2, 0.25) is 0 Å². The highest BCUT2D eigenvalue weighted by molar-refractivity contribution is 5.51. The molecule has 0 radical (unpaired) electrons. The zero-order chi connectivity index (χ0) is 18.8. The Morgan fingerprint density at radius 3 is 2.54 bits per heavy atom. The average molecular weight is 363 g/mol. The van der Waals surface area contributed by atoms with Gasteiger partial charge in [-0.3, -0.25) is 4.90 Å². The van der Waals surface area contributed by atoms with Crippen molar-refractivity contribution in [1.82, 2.24) is 10.2 Å². The predicted octanol–water partition coefficient (Wildman–Crippen LogP) is 1.92. The summed E-state index contributed by atoms with van der Waals surface area (Å²) in [5.74, 6) is 0.898. The molecule has 1 aromatic carbocycles. The van der Waals surface area contributed by atoms with Gasteiger partial charge in [0.1, 0.15) is 6.29 Å². The Balaban J connectivity index is 0.000000232. The molecule has 3 rings (SSSR count). The van der Waals surface area contributed by atoms with Crippen LogP contribution in [0.1, 0.15) is 49.3 Å². The molecule has 26 heavy (non-hydrogen) atoms. The van der Waals surface area contributed by atoms with Gasteiger partial charge in [0.15, 0.2) is 0 Å². The molecule has 1 fully saturated rings. The summed E-state index contributed by atoms with van der Waals surface area (Å²) in [6.45, 7) is 1.11. The zero-order valence-corrected chi connectivity index (χ0v) is 15.9. The number of carbonyl (C=O) groups is 1. The quantitative estimate of drug-likeness (QED) is 0.675. The molecule has 0 saturated heterocycles. The van der Waals surface area contributed by atoms with E-state index in [1.54, 1.807) is 11.1 Å². The molecule has 1 aromatic rings. The molecule has 0 amide bonds. The molecule has 1 atom stereocenters. The number of likely N-dealkylation sites (N-methyl/N-ethyl adjacent to an activating group) is 1. The minimum Gasteiger partial charge on any atom is -0.395 e. The fraction of sp³-hybridized carbons (Fsp3) is 0.667. The van der Waals surface area contributed by atoms with E-state index >= 15 is 0 Å². The van der Waals surface area contributed by atoms with Gasteiger partial charge in [0.2, 0.25) is 0 Å². The highest BCUT2D eigenvalue weighted by Gasteiger charge is 2.31. The first-order valence-corrected chi connectivity index (χ1v) is 9.88. The number of aliphatic hydroxyl groups is 2. The first-order valence-electron chi connectivity index (χ1n) is 9.88. The number of aldehydes is 1. The van der Waals surface area contributed by atoms with Crippen LogP contribution in [0.5, 0.6) is 0 Å². The zero-order valence-electron chi connectivity index (χ0n) is 15.9. The lowest BCUT2D eigenvalue weighted by molar-refractivity contribution is -0.107. The molecule has 1 saturated carbocycles. The Morgan fingerprint density at radius 1 is 1.19 bits per heavy atom. The SMILES string of the molecule is CN1CCc2ccccc2C1C1CCCCC1.O=CCNC(CO)CO. The van der Waals surface area contributed by atoms with Crippen molar-refractivity contribution in [2.24, 2.45) is 5.92 Å². The molecule has 0 spiro atoms. The second kappa shape index (κ2) is 11.4. The molecule has 3 N–H and O–H groups in total. The fourth-order valence-corrected chi connectivity index (χ4v) is 4.19. The first-order chi connectivity index (χ1) is 12.7. The first kappa shape index (κ1) is 21.0. The summed E-state index contributed by atoms with van der Waals surface area (Å²) in [6.07, 6.45) is 9.11. The lowest BCUT2D eigenvalue weighted by Crippen LogP contribution is -2.37. The van der Waals surface area contributed by atoms with Crippen LogP contribution in [-0.4, -0.2) is 60.8 Å². The largest absolute Gasteiger partial charge is 0.395 e. The van der Waals surface area contributed by atoms with Gasteiger partial charge in [0.25, 0.3) is 0 Å². The maximum Gasteiger partial charge on any atom is 0.133 e. The predicted molar refractivity (Wildman–Crippen MR) is 104 cm³/mol. The van der Waals surface area contributed by atoms with Crippen molar-refractivity contribution >= 4 is 6.29 Å². The topological polar surface area (TPSA) is 72.8 Å². The van der Waals surface area contributed by atoms with Gasteiger partial charge in [-0.15, -0.1) is 0 Å². The Labute approximate surface area is 157 Å². The molecule has 1 unspecified atom stereocenters. The molecular weight excluding hydrogens is 328 g/mol. The van der Waals surface area contributed by atoms with Crippen molar-refractivity contribution in [2.75, 3.05) is 33.4 Å². The number of hydrogen-bond donors (Lipinski definition) is 3. The summed E-state index contributed by atoms with van der Waals surface area (Å²) < 4.78 is 0. The van der Waals surface area contributed by atoms with Crippen molar-refractivity contribution in [3.8, 4) is 0 Å². The monoisotopic (exact) mass is 362 g/mol. The number of fused-ring (bicyclic) bond motifs is 1. The van der Waals surface area contributed by atoms with E-state index in [0.717, 1.165) is 5.92 Å². The van der Waals surface area contributed by atoms with Crippen LogP contribution in [0, 0.1) is 5.92 Å². The molecular formula is C21H34N2O3. The molecule has 5 heteroatoms. The van der Waals surface area contributed by atoms with Crippen LogP contribution in [0.3, 0.4) is 0 Å². The summed E-state index contributed by atoms with van der Waals surface area (Å²) >= 11 is 0. The minimum atomic E-state index is -0.366. The molecule has 0 bridgehead atoms. The van der Waals surface area contributed by atoms with Gasteiger partial charge >= 0.3 is 0 Å². The number of carbonyl (C=O) groups excluding carboxylic acids is 1. The second-order valence-corrected chi connectivity index (χ2v) is 7.41. The van der Waals surface area contributed by atoms with Gasteiger partial charge in [-0.1, -0.05) is 43.5 Å². The van der Waals surface area contributed by atoms with Gasteiger partial charge in [-0.25, -0.2) is 0 Å². The summed E-state index contributed by atoms with van der Waals surface area (Å²) in [4.78, 5) is 12.3. The van der Waals surface area contributed by atoms with E-state index in [4.69, 9.17) is 10.2 Å². The second-order valence-electron chi connectivity index (χ2n) is 7.41. The molecule has 1 aliphatic heterocycles. The smallest absolute Gasteiger partial charge is 0.133 e. The van der Waals surface area contributed by atoms with Gasteiger partial charge in [0.05, 0.1) is 25.8 Å². The Hall–Kier alpha value is -1.27. The van der Waals surface area contributed by atoms with Crippen molar-refractivity contribution in [1.29, 1.82) is 0 Å². The van der Waals surface area contributed by atoms with Gasteiger partial charge in [0, 0.05) is 12.6 Å². The van der Waals surface area contributed by atoms with Crippen LogP contribution in [0.4, 0.5) is 0 Å². The van der Waals surface area contributed by atoms with Crippen molar-refractivity contribution in [2.45, 2.75) is 50.6 Å². The number of hydrogen-bond acceptors (Lipinski definition) is 5. The van der Waals surface area contributed by atoms with E-state index in [9.17, 15) is 4.79 Å². The molecule has 1 heterocycles. The third-order valence-corrected chi connectivity index (χ3v) is 5.61. The van der Waals surface area contributed by atoms with Crippen molar-refractivity contribution in [3.05, 3.63) is 35.4 Å². The standard InChI is InChI=1S/C16H23N.C5H11NO3/c1-17-12-11-13-7-5-6-10-15(13)16(17)14-8-3-2-4-9-14;7-2-1-6-5(3-8)4-9/h5-7,10,14,16H,2-4,8-9,11-12H2,1H3;2,5-6,8-9H,1,3-4H2. The van der Waals surface area contributed by atoms with E-state index in [-0.39, 0.29) is 25.8 Å². The van der Waals surface area contributed by atoms with E-state index in [0.29, 0.717) is 12.3 Å². The Morgan fingerprint density at radius 2 is 1.88 bits per heavy atom. The van der Waals surface area contributed by atoms with E-state index in [1.807, 2.05) is 0 Å². The normalized spacial score (nSPS) is 21.0. The minimum absolute atomic E-state index is 0.148. The van der Waals surface area contributed by atoms with Gasteiger partial charge in [-0.05, 0) is 43.4 Å². The number of nitrogens with zero attached hydrogens (tertiary/aromatic N) is 1. The number of nitrogens with one attached hydrogen (secondary N) is 1. The number of rotatable bonds is 6. The van der Waals surface area contributed by atoms with Gasteiger partial charge in [-0.2, -0.15) is 0 Å². The summed E-state index contributed by atoms with van der Waals surface area (Å²) in [5, 5.41) is 19.4. The van der Waals surface area contributed by atoms with Crippen LogP contribution in [0.25, 0.3) is 0 Å². The summed E-state index contributed by atoms with van der Waals surface area (Å²) in [5.41, 5.74) is 3.22. The van der Waals surface area contributed by atoms with Crippen LogP contribution in [-0.2, 0) is 11.2 Å². The average Bonchev–Trinajstić information content (AvgIpc) is 2.70. The molecule has 146 valence electrons. The Kier molecular flexibility index (Phi) is 9.26. The maximum atomic E-state index is 9.72. The number of benzene rings is 1. The third kappa shape index (κ3) is 5.88.